The molecule has 0 aliphatic carbocycles. The van der Waals surface area contributed by atoms with E-state index in [0.717, 1.165) is 46.2 Å². The highest BCUT2D eigenvalue weighted by Gasteiger charge is 2.61. The number of ether oxygens (including phenoxy) is 1. The van der Waals surface area contributed by atoms with E-state index in [2.05, 4.69) is 33.2 Å². The van der Waals surface area contributed by atoms with Crippen molar-refractivity contribution in [2.45, 2.75) is 55.6 Å². The number of halogens is 3. The smallest absolute Gasteiger partial charge is 0.320 e. The molecule has 3 fully saturated rings. The van der Waals surface area contributed by atoms with Gasteiger partial charge in [-0.3, -0.25) is 9.59 Å². The molecule has 0 aromatic heterocycles. The Labute approximate surface area is 285 Å². The SMILES string of the molecule is O=C1CC(c2cccc(Cl)c2)C2(C(=O)Nc3cc(Cl)ccc32)C(c2cc(I)ccc2OC2CCN(C(=O)N3CCCC3)CC2)N1. The van der Waals surface area contributed by atoms with Gasteiger partial charge in [0.15, 0.2) is 0 Å². The number of hydrogen-bond acceptors (Lipinski definition) is 4. The molecule has 234 valence electrons. The summed E-state index contributed by atoms with van der Waals surface area (Å²) in [5, 5.41) is 7.35. The van der Waals surface area contributed by atoms with E-state index >= 15 is 0 Å². The minimum absolute atomic E-state index is 0.107. The molecule has 1 spiro atoms. The number of rotatable bonds is 4. The molecule has 0 radical (unpaired) electrons. The molecule has 3 atom stereocenters. The van der Waals surface area contributed by atoms with E-state index in [-0.39, 0.29) is 30.4 Å². The standard InChI is InChI=1S/C34H33Cl2IN4O4/c35-21-5-3-4-20(16-21)27-19-30(42)39-31(34(27)26-8-6-22(36)17-28(26)38-32(34)43)25-18-23(37)7-9-29(25)45-24-10-14-41(15-11-24)33(44)40-12-1-2-13-40/h3-9,16-18,24,27,31H,1-2,10-15,19H2,(H,38,43)(H,39,42). The Kier molecular flexibility index (Phi) is 8.37. The van der Waals surface area contributed by atoms with Crippen molar-refractivity contribution < 1.29 is 19.1 Å². The predicted molar refractivity (Wildman–Crippen MR) is 182 cm³/mol. The van der Waals surface area contributed by atoms with Crippen molar-refractivity contribution in [1.82, 2.24) is 15.1 Å². The van der Waals surface area contributed by atoms with E-state index in [1.807, 2.05) is 52.3 Å². The third kappa shape index (κ3) is 5.54. The maximum absolute atomic E-state index is 14.5. The van der Waals surface area contributed by atoms with Crippen LogP contribution in [-0.2, 0) is 15.0 Å². The zero-order valence-corrected chi connectivity index (χ0v) is 28.2. The number of carbonyl (C=O) groups excluding carboxylic acids is 3. The third-order valence-corrected chi connectivity index (χ3v) is 10.8. The fourth-order valence-corrected chi connectivity index (χ4v) is 8.46. The topological polar surface area (TPSA) is 91.0 Å². The van der Waals surface area contributed by atoms with Crippen LogP contribution in [-0.4, -0.2) is 59.9 Å². The van der Waals surface area contributed by atoms with Crippen LogP contribution in [0, 0.1) is 3.57 Å². The second-order valence-corrected chi connectivity index (χ2v) is 14.4. The molecule has 3 unspecified atom stereocenters. The number of likely N-dealkylation sites (tertiary alicyclic amines) is 2. The molecular weight excluding hydrogens is 726 g/mol. The summed E-state index contributed by atoms with van der Waals surface area (Å²) in [5.41, 5.74) is 1.74. The lowest BCUT2D eigenvalue weighted by Crippen LogP contribution is -2.57. The minimum atomic E-state index is -1.20. The Balaban J connectivity index is 1.27. The summed E-state index contributed by atoms with van der Waals surface area (Å²) >= 11 is 15.1. The summed E-state index contributed by atoms with van der Waals surface area (Å²) in [4.78, 5) is 44.8. The molecule has 4 heterocycles. The first kappa shape index (κ1) is 30.6. The number of nitrogens with one attached hydrogen (secondary N) is 2. The molecule has 4 aliphatic heterocycles. The number of nitrogens with zero attached hydrogens (tertiary/aromatic N) is 2. The van der Waals surface area contributed by atoms with Crippen LogP contribution < -0.4 is 15.4 Å². The van der Waals surface area contributed by atoms with Gasteiger partial charge in [0.25, 0.3) is 0 Å². The molecule has 45 heavy (non-hydrogen) atoms. The predicted octanol–water partition coefficient (Wildman–Crippen LogP) is 6.89. The first-order valence-electron chi connectivity index (χ1n) is 15.4. The highest BCUT2D eigenvalue weighted by atomic mass is 127. The van der Waals surface area contributed by atoms with Crippen LogP contribution in [0.3, 0.4) is 0 Å². The second kappa shape index (κ2) is 12.3. The Morgan fingerprint density at radius 1 is 0.911 bits per heavy atom. The van der Waals surface area contributed by atoms with Crippen molar-refractivity contribution in [3.8, 4) is 5.75 Å². The zero-order valence-electron chi connectivity index (χ0n) is 24.5. The molecule has 4 amide bonds. The van der Waals surface area contributed by atoms with E-state index in [1.165, 1.54) is 0 Å². The highest BCUT2D eigenvalue weighted by molar-refractivity contribution is 14.1. The molecule has 4 aliphatic rings. The van der Waals surface area contributed by atoms with Gasteiger partial charge < -0.3 is 25.2 Å². The van der Waals surface area contributed by atoms with Crippen LogP contribution in [0.1, 0.15) is 60.8 Å². The molecular formula is C34H33Cl2IN4O4. The van der Waals surface area contributed by atoms with Crippen LogP contribution in [0.15, 0.2) is 60.7 Å². The molecule has 3 saturated heterocycles. The quantitative estimate of drug-likeness (QED) is 0.284. The lowest BCUT2D eigenvalue weighted by atomic mass is 9.59. The van der Waals surface area contributed by atoms with Gasteiger partial charge in [0, 0.05) is 76.2 Å². The lowest BCUT2D eigenvalue weighted by molar-refractivity contribution is -0.131. The van der Waals surface area contributed by atoms with Gasteiger partial charge in [-0.05, 0) is 89.0 Å². The Morgan fingerprint density at radius 2 is 1.64 bits per heavy atom. The minimum Gasteiger partial charge on any atom is -0.490 e. The Morgan fingerprint density at radius 3 is 2.40 bits per heavy atom. The monoisotopic (exact) mass is 758 g/mol. The Bertz CT molecular complexity index is 1670. The third-order valence-electron chi connectivity index (χ3n) is 9.67. The molecule has 3 aromatic carbocycles. The second-order valence-electron chi connectivity index (χ2n) is 12.3. The molecule has 0 bridgehead atoms. The molecule has 2 N–H and O–H groups in total. The largest absolute Gasteiger partial charge is 0.490 e. The Hall–Kier alpha value is -3.02. The van der Waals surface area contributed by atoms with Crippen molar-refractivity contribution in [3.63, 3.8) is 0 Å². The van der Waals surface area contributed by atoms with E-state index in [0.29, 0.717) is 47.4 Å². The number of anilines is 1. The summed E-state index contributed by atoms with van der Waals surface area (Å²) in [5.74, 6) is -0.271. The van der Waals surface area contributed by atoms with Crippen LogP contribution in [0.2, 0.25) is 10.0 Å². The fourth-order valence-electron chi connectivity index (χ4n) is 7.57. The van der Waals surface area contributed by atoms with Gasteiger partial charge >= 0.3 is 6.03 Å². The molecule has 3 aromatic rings. The normalized spacial score (nSPS) is 24.9. The van der Waals surface area contributed by atoms with Crippen molar-refractivity contribution in [3.05, 3.63) is 91.0 Å². The van der Waals surface area contributed by atoms with E-state index < -0.39 is 17.4 Å². The first-order valence-corrected chi connectivity index (χ1v) is 17.2. The number of urea groups is 1. The highest BCUT2D eigenvalue weighted by Crippen LogP contribution is 2.58. The molecule has 8 nitrogen and oxygen atoms in total. The average molecular weight is 759 g/mol. The van der Waals surface area contributed by atoms with E-state index in [9.17, 15) is 14.4 Å². The zero-order chi connectivity index (χ0) is 31.3. The molecule has 7 rings (SSSR count). The summed E-state index contributed by atoms with van der Waals surface area (Å²) in [6.45, 7) is 2.90. The van der Waals surface area contributed by atoms with Crippen molar-refractivity contribution in [1.29, 1.82) is 0 Å². The summed E-state index contributed by atoms with van der Waals surface area (Å²) in [7, 11) is 0. The van der Waals surface area contributed by atoms with Crippen LogP contribution in [0.5, 0.6) is 5.75 Å². The fraction of sp³-hybridized carbons (Fsp3) is 0.382. The lowest BCUT2D eigenvalue weighted by Gasteiger charge is -2.47. The maximum atomic E-state index is 14.5. The number of hydrogen-bond donors (Lipinski definition) is 2. The summed E-state index contributed by atoms with van der Waals surface area (Å²) in [6.07, 6.45) is 3.51. The summed E-state index contributed by atoms with van der Waals surface area (Å²) in [6, 6.07) is 18.1. The maximum Gasteiger partial charge on any atom is 0.320 e. The number of benzene rings is 3. The van der Waals surface area contributed by atoms with Crippen molar-refractivity contribution in [2.75, 3.05) is 31.5 Å². The van der Waals surface area contributed by atoms with Crippen molar-refractivity contribution in [2.24, 2.45) is 0 Å². The first-order chi connectivity index (χ1) is 21.7. The van der Waals surface area contributed by atoms with Gasteiger partial charge in [-0.2, -0.15) is 0 Å². The summed E-state index contributed by atoms with van der Waals surface area (Å²) < 4.78 is 7.66. The average Bonchev–Trinajstić information content (AvgIpc) is 3.66. The number of amides is 4. The van der Waals surface area contributed by atoms with Gasteiger partial charge in [-0.15, -0.1) is 0 Å². The van der Waals surface area contributed by atoms with Crippen molar-refractivity contribution >= 4 is 69.3 Å². The van der Waals surface area contributed by atoms with Crippen LogP contribution in [0.25, 0.3) is 0 Å². The molecule has 0 saturated carbocycles. The van der Waals surface area contributed by atoms with Gasteiger partial charge in [-0.25, -0.2) is 4.79 Å². The van der Waals surface area contributed by atoms with Gasteiger partial charge in [0.1, 0.15) is 17.3 Å². The van der Waals surface area contributed by atoms with E-state index in [4.69, 9.17) is 27.9 Å². The van der Waals surface area contributed by atoms with Crippen LogP contribution in [0.4, 0.5) is 10.5 Å². The van der Waals surface area contributed by atoms with Gasteiger partial charge in [0.05, 0.1) is 6.04 Å². The number of piperidine rings is 2. The van der Waals surface area contributed by atoms with E-state index in [1.54, 1.807) is 18.2 Å². The van der Waals surface area contributed by atoms with Crippen LogP contribution >= 0.6 is 45.8 Å². The number of fused-ring (bicyclic) bond motifs is 2. The molecule has 11 heteroatoms. The number of carbonyl (C=O) groups is 3. The van der Waals surface area contributed by atoms with Gasteiger partial charge in [-0.1, -0.05) is 41.4 Å². The van der Waals surface area contributed by atoms with Gasteiger partial charge in [0.2, 0.25) is 11.8 Å².